The van der Waals surface area contributed by atoms with Gasteiger partial charge in [0.05, 0.1) is 5.60 Å². The number of anilines is 1. The third-order valence-corrected chi connectivity index (χ3v) is 7.31. The summed E-state index contributed by atoms with van der Waals surface area (Å²) in [4.78, 5) is 24.8. The molecule has 4 saturated carbocycles. The van der Waals surface area contributed by atoms with Gasteiger partial charge in [0.2, 0.25) is 0 Å². The highest BCUT2D eigenvalue weighted by molar-refractivity contribution is 6.40. The molecular weight excluding hydrogens is 364 g/mol. The van der Waals surface area contributed by atoms with Crippen molar-refractivity contribution in [3.05, 3.63) is 28.8 Å². The molecule has 0 aliphatic heterocycles. The van der Waals surface area contributed by atoms with Crippen molar-refractivity contribution in [3.63, 3.8) is 0 Å². The topological polar surface area (TPSA) is 67.4 Å². The quantitative estimate of drug-likeness (QED) is 0.772. The van der Waals surface area contributed by atoms with Crippen LogP contribution in [-0.4, -0.2) is 31.1 Å². The van der Waals surface area contributed by atoms with E-state index in [1.165, 1.54) is 32.1 Å². The predicted octanol–water partition coefficient (Wildman–Crippen LogP) is 3.54. The van der Waals surface area contributed by atoms with Crippen molar-refractivity contribution in [2.24, 2.45) is 23.7 Å². The van der Waals surface area contributed by atoms with E-state index >= 15 is 0 Å². The molecule has 4 bridgehead atoms. The molecule has 0 aromatic heterocycles. The van der Waals surface area contributed by atoms with E-state index in [0.717, 1.165) is 17.4 Å². The molecule has 1 aromatic carbocycles. The highest BCUT2D eigenvalue weighted by Gasteiger charge is 2.57. The van der Waals surface area contributed by atoms with Gasteiger partial charge >= 0.3 is 11.8 Å². The first kappa shape index (κ1) is 18.8. The molecule has 4 aliphatic rings. The van der Waals surface area contributed by atoms with E-state index in [0.29, 0.717) is 29.1 Å². The summed E-state index contributed by atoms with van der Waals surface area (Å²) in [5.74, 6) is 1.31. The Balaban J connectivity index is 1.41. The first-order valence-electron chi connectivity index (χ1n) is 9.81. The maximum Gasteiger partial charge on any atom is 0.313 e. The molecule has 2 N–H and O–H groups in total. The second-order valence-electron chi connectivity index (χ2n) is 8.56. The van der Waals surface area contributed by atoms with Gasteiger partial charge in [-0.25, -0.2) is 0 Å². The normalized spacial score (nSPS) is 33.7. The Hall–Kier alpha value is -1.59. The van der Waals surface area contributed by atoms with Crippen LogP contribution in [0.15, 0.2) is 18.2 Å². The molecule has 0 spiro atoms. The Morgan fingerprint density at radius 2 is 1.74 bits per heavy atom. The van der Waals surface area contributed by atoms with Crippen LogP contribution in [0.2, 0.25) is 5.02 Å². The largest absolute Gasteiger partial charge is 0.376 e. The fourth-order valence-electron chi connectivity index (χ4n) is 5.88. The minimum atomic E-state index is -0.671. The first-order valence-corrected chi connectivity index (χ1v) is 10.2. The number of hydrogen-bond donors (Lipinski definition) is 2. The fourth-order valence-corrected chi connectivity index (χ4v) is 6.05. The number of halogens is 1. The summed E-state index contributed by atoms with van der Waals surface area (Å²) in [6.07, 6.45) is 6.10. The summed E-state index contributed by atoms with van der Waals surface area (Å²) in [6, 6.07) is 5.21. The van der Waals surface area contributed by atoms with E-state index in [1.54, 1.807) is 19.2 Å². The van der Waals surface area contributed by atoms with Crippen molar-refractivity contribution in [2.45, 2.75) is 44.6 Å². The summed E-state index contributed by atoms with van der Waals surface area (Å²) in [5.41, 5.74) is 1.09. The van der Waals surface area contributed by atoms with Crippen LogP contribution < -0.4 is 10.6 Å². The number of methoxy groups -OCH3 is 1. The first-order chi connectivity index (χ1) is 12.9. The minimum Gasteiger partial charge on any atom is -0.376 e. The number of ether oxygens (including phenoxy) is 1. The van der Waals surface area contributed by atoms with Gasteiger partial charge in [0.1, 0.15) is 0 Å². The number of hydrogen-bond acceptors (Lipinski definition) is 3. The van der Waals surface area contributed by atoms with E-state index in [4.69, 9.17) is 16.3 Å². The van der Waals surface area contributed by atoms with Crippen LogP contribution in [0.5, 0.6) is 0 Å². The van der Waals surface area contributed by atoms with Gasteiger partial charge in [0.15, 0.2) is 0 Å². The van der Waals surface area contributed by atoms with Crippen LogP contribution in [-0.2, 0) is 14.3 Å². The number of carbonyl (C=O) groups is 2. The SMILES string of the molecule is COC1(CNC(=O)C(=O)Nc2cc(Cl)ccc2C)C2CC3CC(C2)CC1C3. The molecule has 6 heteroatoms. The zero-order valence-corrected chi connectivity index (χ0v) is 16.6. The molecular formula is C21H27ClN2O3. The Morgan fingerprint density at radius 1 is 1.11 bits per heavy atom. The summed E-state index contributed by atoms with van der Waals surface area (Å²) in [5, 5.41) is 6.02. The molecule has 0 unspecified atom stereocenters. The van der Waals surface area contributed by atoms with E-state index in [9.17, 15) is 9.59 Å². The number of carbonyl (C=O) groups excluding carboxylic acids is 2. The number of nitrogens with one attached hydrogen (secondary N) is 2. The van der Waals surface area contributed by atoms with Crippen molar-refractivity contribution in [2.75, 3.05) is 19.0 Å². The van der Waals surface area contributed by atoms with Crippen molar-refractivity contribution in [1.82, 2.24) is 5.32 Å². The average molecular weight is 391 g/mol. The van der Waals surface area contributed by atoms with Gasteiger partial charge in [-0.3, -0.25) is 9.59 Å². The second-order valence-corrected chi connectivity index (χ2v) is 9.00. The summed E-state index contributed by atoms with van der Waals surface area (Å²) < 4.78 is 6.03. The molecule has 0 saturated heterocycles. The van der Waals surface area contributed by atoms with Crippen LogP contribution in [0, 0.1) is 30.6 Å². The van der Waals surface area contributed by atoms with E-state index in [1.807, 2.05) is 13.0 Å². The summed E-state index contributed by atoms with van der Waals surface area (Å²) >= 11 is 5.98. The summed E-state index contributed by atoms with van der Waals surface area (Å²) in [7, 11) is 1.75. The Labute approximate surface area is 165 Å². The second kappa shape index (κ2) is 7.10. The zero-order valence-electron chi connectivity index (χ0n) is 15.9. The Bertz CT molecular complexity index is 736. The molecule has 4 fully saturated rings. The van der Waals surface area contributed by atoms with E-state index in [2.05, 4.69) is 10.6 Å². The monoisotopic (exact) mass is 390 g/mol. The lowest BCUT2D eigenvalue weighted by atomic mass is 9.49. The number of rotatable bonds is 4. The highest BCUT2D eigenvalue weighted by Crippen LogP contribution is 2.59. The maximum absolute atomic E-state index is 12.4. The molecule has 2 amide bonds. The van der Waals surface area contributed by atoms with Gasteiger partial charge in [0, 0.05) is 24.4 Å². The van der Waals surface area contributed by atoms with Crippen molar-refractivity contribution < 1.29 is 14.3 Å². The number of amides is 2. The Morgan fingerprint density at radius 3 is 2.33 bits per heavy atom. The third-order valence-electron chi connectivity index (χ3n) is 7.08. The lowest BCUT2D eigenvalue weighted by Crippen LogP contribution is -2.63. The van der Waals surface area contributed by atoms with Crippen LogP contribution in [0.25, 0.3) is 0 Å². The standard InChI is InChI=1S/C21H27ClN2O3/c1-12-3-4-17(22)10-18(12)24-20(26)19(25)23-11-21(27-2)15-6-13-5-14(8-15)9-16(21)7-13/h3-4,10,13-16H,5-9,11H2,1-2H3,(H,23,25)(H,24,26). The number of aryl methyl sites for hydroxylation is 1. The van der Waals surface area contributed by atoms with Crippen molar-refractivity contribution >= 4 is 29.1 Å². The molecule has 146 valence electrons. The van der Waals surface area contributed by atoms with Crippen LogP contribution in [0.3, 0.4) is 0 Å². The van der Waals surface area contributed by atoms with E-state index < -0.39 is 11.8 Å². The minimum absolute atomic E-state index is 0.324. The van der Waals surface area contributed by atoms with Gasteiger partial charge < -0.3 is 15.4 Å². The lowest BCUT2D eigenvalue weighted by molar-refractivity contribution is -0.188. The predicted molar refractivity (Wildman–Crippen MR) is 105 cm³/mol. The molecule has 0 heterocycles. The number of benzene rings is 1. The molecule has 27 heavy (non-hydrogen) atoms. The third kappa shape index (κ3) is 3.36. The van der Waals surface area contributed by atoms with E-state index in [-0.39, 0.29) is 5.60 Å². The van der Waals surface area contributed by atoms with Crippen LogP contribution in [0.4, 0.5) is 5.69 Å². The fraction of sp³-hybridized carbons (Fsp3) is 0.619. The summed E-state index contributed by atoms with van der Waals surface area (Å²) in [6.45, 7) is 2.26. The Kier molecular flexibility index (Phi) is 4.93. The van der Waals surface area contributed by atoms with Gasteiger partial charge in [-0.05, 0) is 80.4 Å². The molecule has 5 rings (SSSR count). The molecule has 5 nitrogen and oxygen atoms in total. The zero-order chi connectivity index (χ0) is 19.2. The maximum atomic E-state index is 12.4. The van der Waals surface area contributed by atoms with Crippen molar-refractivity contribution in [1.29, 1.82) is 0 Å². The molecule has 0 radical (unpaired) electrons. The molecule has 0 atom stereocenters. The van der Waals surface area contributed by atoms with Gasteiger partial charge in [-0.15, -0.1) is 0 Å². The molecule has 1 aromatic rings. The van der Waals surface area contributed by atoms with Crippen LogP contribution in [0.1, 0.15) is 37.7 Å². The smallest absolute Gasteiger partial charge is 0.313 e. The van der Waals surface area contributed by atoms with Gasteiger partial charge in [0.25, 0.3) is 0 Å². The van der Waals surface area contributed by atoms with Gasteiger partial charge in [-0.1, -0.05) is 17.7 Å². The van der Waals surface area contributed by atoms with Gasteiger partial charge in [-0.2, -0.15) is 0 Å². The van der Waals surface area contributed by atoms with Crippen molar-refractivity contribution in [3.8, 4) is 0 Å². The lowest BCUT2D eigenvalue weighted by Gasteiger charge is -2.60. The van der Waals surface area contributed by atoms with Crippen LogP contribution >= 0.6 is 11.6 Å². The average Bonchev–Trinajstić information content (AvgIpc) is 2.64. The highest BCUT2D eigenvalue weighted by atomic mass is 35.5. The molecule has 4 aliphatic carbocycles.